The van der Waals surface area contributed by atoms with E-state index in [1.54, 1.807) is 32.9 Å². The van der Waals surface area contributed by atoms with E-state index in [4.69, 9.17) is 14.2 Å². The maximum atomic E-state index is 13.7. The third-order valence-electron chi connectivity index (χ3n) is 10.7. The first-order chi connectivity index (χ1) is 29.1. The molecule has 4 aromatic rings. The van der Waals surface area contributed by atoms with Crippen LogP contribution in [-0.4, -0.2) is 92.4 Å². The lowest BCUT2D eigenvalue weighted by Gasteiger charge is -2.39. The number of pyridine rings is 2. The summed E-state index contributed by atoms with van der Waals surface area (Å²) in [6.45, 7) is 17.9. The molecular formula is C46H58F2N4O10. The lowest BCUT2D eigenvalue weighted by molar-refractivity contribution is -0.151. The maximum absolute atomic E-state index is 13.7. The van der Waals surface area contributed by atoms with E-state index < -0.39 is 59.5 Å². The van der Waals surface area contributed by atoms with Crippen molar-refractivity contribution in [2.24, 2.45) is 11.8 Å². The number of methoxy groups -OCH3 is 2. The molecular weight excluding hydrogens is 807 g/mol. The van der Waals surface area contributed by atoms with Crippen molar-refractivity contribution >= 4 is 23.8 Å². The first-order valence-corrected chi connectivity index (χ1v) is 20.1. The molecule has 0 aliphatic rings. The third kappa shape index (κ3) is 11.9. The molecule has 62 heavy (non-hydrogen) atoms. The summed E-state index contributed by atoms with van der Waals surface area (Å²) in [6.07, 6.45) is 2.11. The number of aliphatic carboxylic acids is 1. The van der Waals surface area contributed by atoms with Gasteiger partial charge in [0.05, 0.1) is 14.2 Å². The Morgan fingerprint density at radius 3 is 1.58 bits per heavy atom. The van der Waals surface area contributed by atoms with Crippen molar-refractivity contribution in [3.63, 3.8) is 0 Å². The van der Waals surface area contributed by atoms with Gasteiger partial charge < -0.3 is 39.7 Å². The van der Waals surface area contributed by atoms with E-state index in [0.29, 0.717) is 5.56 Å². The SMILES string of the molecule is COc1ccnc(C(=O)N(C(C)[C@H](c2ccc(F)cc2C)C(C)C)[C@@H](C)C(=O)O)c1O.COc1ccnc(C(=O)N[C@@H](C)C(=O)O[C@@H](C)[C@H](c2ccc(F)cc2C)C(C)C)c1O. The molecule has 0 saturated heterocycles. The third-order valence-corrected chi connectivity index (χ3v) is 10.7. The number of aromatic nitrogens is 2. The van der Waals surface area contributed by atoms with Crippen LogP contribution >= 0.6 is 0 Å². The quantitative estimate of drug-likeness (QED) is 0.0802. The number of benzene rings is 2. The van der Waals surface area contributed by atoms with Gasteiger partial charge in [-0.15, -0.1) is 0 Å². The van der Waals surface area contributed by atoms with Gasteiger partial charge in [0.1, 0.15) is 29.8 Å². The number of hydrogen-bond donors (Lipinski definition) is 4. The summed E-state index contributed by atoms with van der Waals surface area (Å²) in [7, 11) is 2.70. The van der Waals surface area contributed by atoms with Gasteiger partial charge in [0.15, 0.2) is 34.4 Å². The predicted octanol–water partition coefficient (Wildman–Crippen LogP) is 7.72. The van der Waals surface area contributed by atoms with Crippen LogP contribution in [0.4, 0.5) is 8.78 Å². The number of aromatic hydroxyl groups is 2. The van der Waals surface area contributed by atoms with Crippen molar-refractivity contribution in [3.8, 4) is 23.0 Å². The molecule has 4 N–H and O–H groups in total. The Labute approximate surface area is 361 Å². The lowest BCUT2D eigenvalue weighted by atomic mass is 9.80. The number of aryl methyl sites for hydroxylation is 2. The zero-order valence-corrected chi connectivity index (χ0v) is 37.2. The van der Waals surface area contributed by atoms with Crippen LogP contribution in [-0.2, 0) is 14.3 Å². The number of carbonyl (C=O) groups excluding carboxylic acids is 3. The molecule has 2 heterocycles. The topological polar surface area (TPSA) is 198 Å². The van der Waals surface area contributed by atoms with E-state index in [0.717, 1.165) is 16.7 Å². The summed E-state index contributed by atoms with van der Waals surface area (Å²) in [5.74, 6) is -5.02. The van der Waals surface area contributed by atoms with Gasteiger partial charge in [-0.1, -0.05) is 39.8 Å². The van der Waals surface area contributed by atoms with Crippen LogP contribution in [0.25, 0.3) is 0 Å². The fraction of sp³-hybridized carbons (Fsp3) is 0.435. The molecule has 0 saturated carbocycles. The second kappa shape index (κ2) is 22.0. The lowest BCUT2D eigenvalue weighted by Crippen LogP contribution is -2.51. The Bertz CT molecular complexity index is 2220. The molecule has 0 fully saturated rings. The Hall–Kier alpha value is -6.32. The highest BCUT2D eigenvalue weighted by molar-refractivity contribution is 5.98. The van der Waals surface area contributed by atoms with Crippen molar-refractivity contribution in [1.82, 2.24) is 20.2 Å². The summed E-state index contributed by atoms with van der Waals surface area (Å²) in [5, 5.41) is 32.7. The largest absolute Gasteiger partial charge is 0.503 e. The van der Waals surface area contributed by atoms with Crippen molar-refractivity contribution in [2.45, 2.75) is 105 Å². The van der Waals surface area contributed by atoms with E-state index >= 15 is 0 Å². The number of nitrogens with one attached hydrogen (secondary N) is 1. The number of carboxylic acids is 1. The molecule has 0 bridgehead atoms. The standard InChI is InChI=1S/2C23H29FN2O5/c1-12(2)19(17-8-7-16(24)11-13(17)3)15(5)31-23(29)14(4)26-22(28)20-21(27)18(30-6)9-10-25-20;1-12(2)19(17-8-7-16(24)11-13(17)3)14(4)26(15(5)23(29)30)22(28)20-21(27)18(31-6)9-10-25-20/h7-12,14-15,19,27H,1-6H3,(H,26,28);7-12,14-15,19,27H,1-6H3,(H,29,30)/t14-,15-,19+;14?,15-,19+/m00/s1. The minimum Gasteiger partial charge on any atom is -0.503 e. The van der Waals surface area contributed by atoms with E-state index in [1.165, 1.54) is 81.8 Å². The van der Waals surface area contributed by atoms with Crippen LogP contribution in [0, 0.1) is 37.3 Å². The smallest absolute Gasteiger partial charge is 0.328 e. The summed E-state index contributed by atoms with van der Waals surface area (Å²) in [6, 6.07) is 9.03. The van der Waals surface area contributed by atoms with E-state index in [2.05, 4.69) is 15.3 Å². The normalized spacial score (nSPS) is 14.0. The molecule has 2 aromatic heterocycles. The summed E-state index contributed by atoms with van der Waals surface area (Å²) in [5.41, 5.74) is 2.67. The first kappa shape index (κ1) is 50.0. The van der Waals surface area contributed by atoms with Crippen LogP contribution in [0.3, 0.4) is 0 Å². The van der Waals surface area contributed by atoms with Crippen LogP contribution < -0.4 is 14.8 Å². The highest BCUT2D eigenvalue weighted by Gasteiger charge is 2.39. The second-order valence-corrected chi connectivity index (χ2v) is 15.8. The Morgan fingerprint density at radius 2 is 1.15 bits per heavy atom. The number of ether oxygens (including phenoxy) is 3. The minimum absolute atomic E-state index is 0.00215. The highest BCUT2D eigenvalue weighted by atomic mass is 19.1. The molecule has 2 amide bonds. The molecule has 16 heteroatoms. The molecule has 1 unspecified atom stereocenters. The molecule has 336 valence electrons. The number of hydrogen-bond acceptors (Lipinski definition) is 11. The Morgan fingerprint density at radius 1 is 0.694 bits per heavy atom. The van der Waals surface area contributed by atoms with Crippen LogP contribution in [0.2, 0.25) is 0 Å². The highest BCUT2D eigenvalue weighted by Crippen LogP contribution is 2.37. The molecule has 4 rings (SSSR count). The van der Waals surface area contributed by atoms with Gasteiger partial charge in [-0.3, -0.25) is 9.59 Å². The first-order valence-electron chi connectivity index (χ1n) is 20.1. The molecule has 0 spiro atoms. The summed E-state index contributed by atoms with van der Waals surface area (Å²) >= 11 is 0. The van der Waals surface area contributed by atoms with Gasteiger partial charge >= 0.3 is 11.9 Å². The number of halogens is 2. The number of esters is 1. The molecule has 0 aliphatic heterocycles. The second-order valence-electron chi connectivity index (χ2n) is 15.8. The number of rotatable bonds is 16. The molecule has 0 aliphatic carbocycles. The Balaban J connectivity index is 0.000000330. The number of carboxylic acid groups (broad SMARTS) is 1. The van der Waals surface area contributed by atoms with Gasteiger partial charge in [0.2, 0.25) is 0 Å². The molecule has 14 nitrogen and oxygen atoms in total. The van der Waals surface area contributed by atoms with Crippen molar-refractivity contribution < 1.29 is 57.5 Å². The van der Waals surface area contributed by atoms with E-state index in [9.17, 15) is 43.3 Å². The fourth-order valence-corrected chi connectivity index (χ4v) is 7.69. The molecule has 0 radical (unpaired) electrons. The van der Waals surface area contributed by atoms with Crippen LogP contribution in [0.5, 0.6) is 23.0 Å². The number of nitrogens with zero attached hydrogens (tertiary/aromatic N) is 3. The van der Waals surface area contributed by atoms with Crippen molar-refractivity contribution in [2.75, 3.05) is 14.2 Å². The van der Waals surface area contributed by atoms with Crippen LogP contribution in [0.15, 0.2) is 60.9 Å². The van der Waals surface area contributed by atoms with E-state index in [1.807, 2.05) is 34.6 Å². The van der Waals surface area contributed by atoms with Gasteiger partial charge in [-0.25, -0.2) is 28.3 Å². The van der Waals surface area contributed by atoms with Crippen molar-refractivity contribution in [3.05, 3.63) is 106 Å². The summed E-state index contributed by atoms with van der Waals surface area (Å²) in [4.78, 5) is 59.4. The minimum atomic E-state index is -1.20. The zero-order valence-electron chi connectivity index (χ0n) is 37.2. The van der Waals surface area contributed by atoms with Crippen LogP contribution in [0.1, 0.15) is 110 Å². The van der Waals surface area contributed by atoms with E-state index in [-0.39, 0.29) is 58.2 Å². The molecule has 6 atom stereocenters. The number of amides is 2. The Kier molecular flexibility index (Phi) is 17.7. The fourth-order valence-electron chi connectivity index (χ4n) is 7.69. The zero-order chi connectivity index (χ0) is 46.7. The summed E-state index contributed by atoms with van der Waals surface area (Å²) < 4.78 is 42.8. The van der Waals surface area contributed by atoms with Gasteiger partial charge in [-0.2, -0.15) is 0 Å². The van der Waals surface area contributed by atoms with Crippen molar-refractivity contribution in [1.29, 1.82) is 0 Å². The average Bonchev–Trinajstić information content (AvgIpc) is 3.19. The van der Waals surface area contributed by atoms with Gasteiger partial charge in [-0.05, 0) is 99.9 Å². The average molecular weight is 865 g/mol. The van der Waals surface area contributed by atoms with Gasteiger partial charge in [0.25, 0.3) is 11.8 Å². The predicted molar refractivity (Wildman–Crippen MR) is 228 cm³/mol. The van der Waals surface area contributed by atoms with Gasteiger partial charge in [0, 0.05) is 42.4 Å². The number of carbonyl (C=O) groups is 4. The molecule has 2 aromatic carbocycles. The monoisotopic (exact) mass is 864 g/mol. The maximum Gasteiger partial charge on any atom is 0.328 e.